The van der Waals surface area contributed by atoms with E-state index in [1.165, 1.54) is 13.3 Å². The van der Waals surface area contributed by atoms with E-state index in [-0.39, 0.29) is 6.61 Å². The van der Waals surface area contributed by atoms with Crippen molar-refractivity contribution in [2.24, 2.45) is 5.10 Å². The van der Waals surface area contributed by atoms with Gasteiger partial charge in [-0.2, -0.15) is 10.4 Å². The Morgan fingerprint density at radius 1 is 1.14 bits per heavy atom. The number of rotatable bonds is 9. The fourth-order valence-electron chi connectivity index (χ4n) is 3.03. The zero-order valence-electron chi connectivity index (χ0n) is 19.5. The summed E-state index contributed by atoms with van der Waals surface area (Å²) in [6, 6.07) is 17.7. The number of methoxy groups -OCH3 is 1. The van der Waals surface area contributed by atoms with Crippen LogP contribution in [0.15, 0.2) is 64.2 Å². The van der Waals surface area contributed by atoms with Crippen LogP contribution in [0.2, 0.25) is 5.02 Å². The van der Waals surface area contributed by atoms with E-state index in [1.807, 2.05) is 19.1 Å². The van der Waals surface area contributed by atoms with Crippen LogP contribution in [0.1, 0.15) is 28.7 Å². The van der Waals surface area contributed by atoms with Gasteiger partial charge < -0.3 is 14.8 Å². The lowest BCUT2D eigenvalue weighted by Gasteiger charge is -2.13. The number of aryl methyl sites for hydroxylation is 1. The number of hydrogen-bond acceptors (Lipinski definition) is 6. The Labute approximate surface area is 222 Å². The predicted molar refractivity (Wildman–Crippen MR) is 141 cm³/mol. The number of hydrazone groups is 1. The van der Waals surface area contributed by atoms with Gasteiger partial charge in [-0.1, -0.05) is 29.8 Å². The summed E-state index contributed by atoms with van der Waals surface area (Å²) in [6.07, 6.45) is 1.02. The molecule has 2 amide bonds. The number of benzene rings is 3. The first-order valence-corrected chi connectivity index (χ1v) is 11.8. The Kier molecular flexibility index (Phi) is 9.45. The third kappa shape index (κ3) is 7.57. The summed E-state index contributed by atoms with van der Waals surface area (Å²) >= 11 is 9.52. The number of halogens is 2. The lowest BCUT2D eigenvalue weighted by molar-refractivity contribution is -0.126. The van der Waals surface area contributed by atoms with Gasteiger partial charge in [-0.15, -0.1) is 0 Å². The molecule has 0 spiro atoms. The molecule has 0 aliphatic heterocycles. The largest absolute Gasteiger partial charge is 0.493 e. The van der Waals surface area contributed by atoms with E-state index in [4.69, 9.17) is 26.3 Å². The van der Waals surface area contributed by atoms with Crippen LogP contribution in [0.3, 0.4) is 0 Å². The van der Waals surface area contributed by atoms with E-state index >= 15 is 0 Å². The van der Waals surface area contributed by atoms with Crippen LogP contribution >= 0.6 is 27.5 Å². The first kappa shape index (κ1) is 26.7. The molecule has 0 fully saturated rings. The van der Waals surface area contributed by atoms with Crippen molar-refractivity contribution in [3.63, 3.8) is 0 Å². The number of ether oxygens (including phenoxy) is 2. The Bertz CT molecular complexity index is 1340. The molecule has 0 heterocycles. The number of nitrogens with one attached hydrogen (secondary N) is 2. The molecular formula is C26H22BrClN4O4. The molecule has 3 aromatic rings. The first-order chi connectivity index (χ1) is 17.3. The van der Waals surface area contributed by atoms with Crippen LogP contribution in [0, 0.1) is 18.3 Å². The van der Waals surface area contributed by atoms with Crippen molar-refractivity contribution < 1.29 is 19.1 Å². The van der Waals surface area contributed by atoms with Crippen molar-refractivity contribution in [3.05, 3.63) is 86.3 Å². The van der Waals surface area contributed by atoms with Gasteiger partial charge >= 0.3 is 0 Å². The van der Waals surface area contributed by atoms with E-state index in [2.05, 4.69) is 37.8 Å². The SMILES string of the molecule is COc1cc(C=NNC(=O)CC(=O)Nc2ccc(C)c(Cl)c2)cc(Br)c1OCc1ccc(C#N)cc1. The Morgan fingerprint density at radius 3 is 2.56 bits per heavy atom. The second kappa shape index (κ2) is 12.7. The maximum atomic E-state index is 12.1. The minimum Gasteiger partial charge on any atom is -0.493 e. The molecule has 0 radical (unpaired) electrons. The van der Waals surface area contributed by atoms with Crippen molar-refractivity contribution >= 4 is 51.2 Å². The number of nitrogens with zero attached hydrogens (tertiary/aromatic N) is 2. The third-order valence-electron chi connectivity index (χ3n) is 4.90. The highest BCUT2D eigenvalue weighted by Gasteiger charge is 2.13. The molecule has 0 aromatic heterocycles. The average Bonchev–Trinajstić information content (AvgIpc) is 2.85. The molecule has 8 nitrogen and oxygen atoms in total. The summed E-state index contributed by atoms with van der Waals surface area (Å²) in [5.41, 5.74) is 5.82. The molecule has 0 unspecified atom stereocenters. The number of carbonyl (C=O) groups excluding carboxylic acids is 2. The first-order valence-electron chi connectivity index (χ1n) is 10.7. The number of hydrogen-bond donors (Lipinski definition) is 2. The Hall–Kier alpha value is -3.87. The average molecular weight is 570 g/mol. The van der Waals surface area contributed by atoms with Gasteiger partial charge in [0, 0.05) is 10.7 Å². The topological polar surface area (TPSA) is 113 Å². The highest BCUT2D eigenvalue weighted by Crippen LogP contribution is 2.36. The lowest BCUT2D eigenvalue weighted by atomic mass is 10.1. The van der Waals surface area contributed by atoms with Gasteiger partial charge in [-0.25, -0.2) is 5.43 Å². The Balaban J connectivity index is 1.56. The maximum Gasteiger partial charge on any atom is 0.249 e. The highest BCUT2D eigenvalue weighted by molar-refractivity contribution is 9.10. The standard InChI is InChI=1S/C26H22BrClN4O4/c1-16-3-8-20(11-22(16)28)31-24(33)12-25(34)32-30-14-19-9-21(27)26(23(10-19)35-2)36-15-18-6-4-17(13-29)5-7-18/h3-11,14H,12,15H2,1-2H3,(H,31,33)(H,32,34). The van der Waals surface area contributed by atoms with E-state index < -0.39 is 18.2 Å². The van der Waals surface area contributed by atoms with Crippen molar-refractivity contribution in [3.8, 4) is 17.6 Å². The van der Waals surface area contributed by atoms with Crippen LogP contribution in [0.5, 0.6) is 11.5 Å². The van der Waals surface area contributed by atoms with Gasteiger partial charge in [0.2, 0.25) is 11.8 Å². The van der Waals surface area contributed by atoms with Crippen molar-refractivity contribution in [2.45, 2.75) is 20.0 Å². The van der Waals surface area contributed by atoms with Crippen molar-refractivity contribution in [2.75, 3.05) is 12.4 Å². The van der Waals surface area contributed by atoms with Gasteiger partial charge in [0.1, 0.15) is 13.0 Å². The molecule has 0 aliphatic carbocycles. The summed E-state index contributed by atoms with van der Waals surface area (Å²) in [7, 11) is 1.51. The summed E-state index contributed by atoms with van der Waals surface area (Å²) in [5, 5.41) is 16.0. The maximum absolute atomic E-state index is 12.1. The van der Waals surface area contributed by atoms with Crippen molar-refractivity contribution in [1.29, 1.82) is 5.26 Å². The monoisotopic (exact) mass is 568 g/mol. The number of nitriles is 1. The molecule has 2 N–H and O–H groups in total. The number of carbonyl (C=O) groups is 2. The van der Waals surface area contributed by atoms with Gasteiger partial charge in [0.15, 0.2) is 11.5 Å². The molecule has 3 rings (SSSR count). The van der Waals surface area contributed by atoms with E-state index in [0.29, 0.717) is 37.8 Å². The second-order valence-electron chi connectivity index (χ2n) is 7.61. The van der Waals surface area contributed by atoms with E-state index in [9.17, 15) is 9.59 Å². The Morgan fingerprint density at radius 2 is 1.89 bits per heavy atom. The van der Waals surface area contributed by atoms with E-state index in [1.54, 1.807) is 42.5 Å². The highest BCUT2D eigenvalue weighted by atomic mass is 79.9. The van der Waals surface area contributed by atoms with Gasteiger partial charge in [0.05, 0.1) is 29.4 Å². The van der Waals surface area contributed by atoms with Crippen LogP contribution in [0.4, 0.5) is 5.69 Å². The minimum absolute atomic E-state index is 0.279. The van der Waals surface area contributed by atoms with Crippen LogP contribution in [0.25, 0.3) is 0 Å². The molecule has 0 atom stereocenters. The van der Waals surface area contributed by atoms with Gasteiger partial charge in [-0.05, 0) is 75.9 Å². The van der Waals surface area contributed by atoms with E-state index in [0.717, 1.165) is 11.1 Å². The van der Waals surface area contributed by atoms with Crippen LogP contribution in [-0.4, -0.2) is 25.1 Å². The quantitative estimate of drug-likeness (QED) is 0.205. The fraction of sp³-hybridized carbons (Fsp3) is 0.154. The summed E-state index contributed by atoms with van der Waals surface area (Å²) in [4.78, 5) is 24.2. The molecule has 0 saturated heterocycles. The zero-order chi connectivity index (χ0) is 26.1. The molecule has 0 saturated carbocycles. The zero-order valence-corrected chi connectivity index (χ0v) is 21.8. The molecule has 0 aliphatic rings. The summed E-state index contributed by atoms with van der Waals surface area (Å²) in [6.45, 7) is 2.13. The molecular weight excluding hydrogens is 548 g/mol. The summed E-state index contributed by atoms with van der Waals surface area (Å²) in [5.74, 6) is -0.107. The number of anilines is 1. The van der Waals surface area contributed by atoms with Crippen LogP contribution < -0.4 is 20.2 Å². The van der Waals surface area contributed by atoms with Gasteiger partial charge in [0.25, 0.3) is 0 Å². The smallest absolute Gasteiger partial charge is 0.249 e. The second-order valence-corrected chi connectivity index (χ2v) is 8.88. The minimum atomic E-state index is -0.574. The normalized spacial score (nSPS) is 10.5. The fourth-order valence-corrected chi connectivity index (χ4v) is 3.78. The molecule has 3 aromatic carbocycles. The number of amides is 2. The van der Waals surface area contributed by atoms with Crippen LogP contribution in [-0.2, 0) is 16.2 Å². The molecule has 0 bridgehead atoms. The van der Waals surface area contributed by atoms with Crippen molar-refractivity contribution in [1.82, 2.24) is 5.43 Å². The summed E-state index contributed by atoms with van der Waals surface area (Å²) < 4.78 is 12.0. The lowest BCUT2D eigenvalue weighted by Crippen LogP contribution is -2.24. The predicted octanol–water partition coefficient (Wildman–Crippen LogP) is 5.35. The molecule has 184 valence electrons. The van der Waals surface area contributed by atoms with Gasteiger partial charge in [-0.3, -0.25) is 9.59 Å². The molecule has 10 heteroatoms. The third-order valence-corrected chi connectivity index (χ3v) is 5.89. The molecule has 36 heavy (non-hydrogen) atoms.